The molecule has 0 aliphatic carbocycles. The largest absolute Gasteiger partial charge is 0.356 e. The molecule has 1 aromatic heterocycles. The van der Waals surface area contributed by atoms with E-state index in [1.807, 2.05) is 0 Å². The van der Waals surface area contributed by atoms with Gasteiger partial charge in [0.05, 0.1) is 11.2 Å². The third-order valence-corrected chi connectivity index (χ3v) is 4.31. The van der Waals surface area contributed by atoms with Gasteiger partial charge in [-0.25, -0.2) is 0 Å². The average Bonchev–Trinajstić information content (AvgIpc) is 2.88. The van der Waals surface area contributed by atoms with E-state index < -0.39 is 0 Å². The molecule has 1 aliphatic heterocycles. The number of aryl methyl sites for hydroxylation is 1. The molecular formula is C15H25ClN4O. The Bertz CT molecular complexity index is 449. The summed E-state index contributed by atoms with van der Waals surface area (Å²) in [6.45, 7) is 2.63. The summed E-state index contributed by atoms with van der Waals surface area (Å²) in [5.41, 5.74) is 0. The summed E-state index contributed by atoms with van der Waals surface area (Å²) in [4.78, 5) is 14.2. The molecule has 1 N–H and O–H groups in total. The molecule has 1 amide bonds. The first-order valence-electron chi connectivity index (χ1n) is 7.80. The predicted octanol–water partition coefficient (Wildman–Crippen LogP) is 2.31. The standard InChI is InChI=1S/C15H25ClN4O/c1-19-9-3-2-5-14(19)6-7-15(21)17-8-4-10-20-12-13(16)11-18-20/h11-12,14H,2-10H2,1H3,(H,17,21)/t14-/m1/s1. The first-order chi connectivity index (χ1) is 10.1. The van der Waals surface area contributed by atoms with E-state index in [4.69, 9.17) is 11.6 Å². The zero-order valence-corrected chi connectivity index (χ0v) is 13.5. The molecule has 1 atom stereocenters. The number of rotatable bonds is 7. The van der Waals surface area contributed by atoms with E-state index in [0.29, 0.717) is 24.0 Å². The van der Waals surface area contributed by atoms with Crippen LogP contribution in [0.2, 0.25) is 5.02 Å². The number of amides is 1. The van der Waals surface area contributed by atoms with Crippen LogP contribution in [0.15, 0.2) is 12.4 Å². The number of carbonyl (C=O) groups is 1. The SMILES string of the molecule is CN1CCCC[C@@H]1CCC(=O)NCCCn1cc(Cl)cn1. The van der Waals surface area contributed by atoms with Gasteiger partial charge in [-0.05, 0) is 39.3 Å². The van der Waals surface area contributed by atoms with Crippen LogP contribution in [0.1, 0.15) is 38.5 Å². The second kappa shape index (κ2) is 8.39. The fourth-order valence-electron chi connectivity index (χ4n) is 2.82. The van der Waals surface area contributed by atoms with Gasteiger partial charge in [0.2, 0.25) is 5.91 Å². The van der Waals surface area contributed by atoms with Gasteiger partial charge < -0.3 is 10.2 Å². The highest BCUT2D eigenvalue weighted by molar-refractivity contribution is 6.30. The van der Waals surface area contributed by atoms with Gasteiger partial charge in [-0.3, -0.25) is 9.48 Å². The number of piperidine rings is 1. The Morgan fingerprint density at radius 2 is 2.38 bits per heavy atom. The van der Waals surface area contributed by atoms with E-state index in [9.17, 15) is 4.79 Å². The lowest BCUT2D eigenvalue weighted by molar-refractivity contribution is -0.121. The molecule has 0 aromatic carbocycles. The van der Waals surface area contributed by atoms with Crippen LogP contribution >= 0.6 is 11.6 Å². The van der Waals surface area contributed by atoms with Crippen molar-refractivity contribution in [2.75, 3.05) is 20.1 Å². The van der Waals surface area contributed by atoms with Crippen molar-refractivity contribution in [2.24, 2.45) is 0 Å². The lowest BCUT2D eigenvalue weighted by Gasteiger charge is -2.32. The Labute approximate surface area is 131 Å². The Balaban J connectivity index is 1.55. The van der Waals surface area contributed by atoms with Crippen LogP contribution in [0.3, 0.4) is 0 Å². The first kappa shape index (κ1) is 16.3. The summed E-state index contributed by atoms with van der Waals surface area (Å²) in [6.07, 6.45) is 9.69. The third kappa shape index (κ3) is 5.67. The lowest BCUT2D eigenvalue weighted by atomic mass is 9.98. The van der Waals surface area contributed by atoms with Gasteiger partial charge in [0.15, 0.2) is 0 Å². The summed E-state index contributed by atoms with van der Waals surface area (Å²) in [6, 6.07) is 0.579. The molecule has 1 saturated heterocycles. The highest BCUT2D eigenvalue weighted by Crippen LogP contribution is 2.18. The number of likely N-dealkylation sites (tertiary alicyclic amines) is 1. The summed E-state index contributed by atoms with van der Waals surface area (Å²) in [5, 5.41) is 7.74. The van der Waals surface area contributed by atoms with Gasteiger partial charge in [-0.1, -0.05) is 18.0 Å². The fourth-order valence-corrected chi connectivity index (χ4v) is 2.98. The Morgan fingerprint density at radius 1 is 1.52 bits per heavy atom. The van der Waals surface area contributed by atoms with Crippen LogP contribution in [-0.2, 0) is 11.3 Å². The van der Waals surface area contributed by atoms with E-state index in [1.165, 1.54) is 25.8 Å². The van der Waals surface area contributed by atoms with Crippen molar-refractivity contribution in [1.82, 2.24) is 20.0 Å². The van der Waals surface area contributed by atoms with Crippen molar-refractivity contribution in [1.29, 1.82) is 0 Å². The molecule has 0 radical (unpaired) electrons. The van der Waals surface area contributed by atoms with Crippen LogP contribution in [-0.4, -0.2) is 46.8 Å². The minimum atomic E-state index is 0.160. The molecule has 0 unspecified atom stereocenters. The van der Waals surface area contributed by atoms with E-state index in [-0.39, 0.29) is 5.91 Å². The van der Waals surface area contributed by atoms with Gasteiger partial charge in [0.1, 0.15) is 0 Å². The molecule has 1 fully saturated rings. The Hall–Kier alpha value is -1.07. The van der Waals surface area contributed by atoms with Crippen molar-refractivity contribution in [3.8, 4) is 0 Å². The van der Waals surface area contributed by atoms with E-state index in [2.05, 4.69) is 22.4 Å². The highest BCUT2D eigenvalue weighted by atomic mass is 35.5. The molecule has 21 heavy (non-hydrogen) atoms. The van der Waals surface area contributed by atoms with Crippen molar-refractivity contribution >= 4 is 17.5 Å². The average molecular weight is 313 g/mol. The van der Waals surface area contributed by atoms with Gasteiger partial charge in [-0.15, -0.1) is 0 Å². The maximum Gasteiger partial charge on any atom is 0.220 e. The van der Waals surface area contributed by atoms with Gasteiger partial charge >= 0.3 is 0 Å². The van der Waals surface area contributed by atoms with Gasteiger partial charge in [-0.2, -0.15) is 5.10 Å². The monoisotopic (exact) mass is 312 g/mol. The van der Waals surface area contributed by atoms with Crippen LogP contribution in [0, 0.1) is 0 Å². The van der Waals surface area contributed by atoms with Crippen LogP contribution in [0.5, 0.6) is 0 Å². The molecule has 118 valence electrons. The summed E-state index contributed by atoms with van der Waals surface area (Å²) in [5.74, 6) is 0.160. The number of carbonyl (C=O) groups excluding carboxylic acids is 1. The van der Waals surface area contributed by atoms with Crippen LogP contribution in [0.4, 0.5) is 0 Å². The predicted molar refractivity (Wildman–Crippen MR) is 84.4 cm³/mol. The van der Waals surface area contributed by atoms with E-state index in [0.717, 1.165) is 19.4 Å². The number of nitrogens with one attached hydrogen (secondary N) is 1. The second-order valence-electron chi connectivity index (χ2n) is 5.79. The van der Waals surface area contributed by atoms with Crippen LogP contribution in [0.25, 0.3) is 0 Å². The molecule has 6 heteroatoms. The third-order valence-electron chi connectivity index (χ3n) is 4.11. The summed E-state index contributed by atoms with van der Waals surface area (Å²) >= 11 is 5.79. The van der Waals surface area contributed by atoms with Crippen LogP contribution < -0.4 is 5.32 Å². The smallest absolute Gasteiger partial charge is 0.220 e. The van der Waals surface area contributed by atoms with Crippen molar-refractivity contribution in [2.45, 2.75) is 51.1 Å². The summed E-state index contributed by atoms with van der Waals surface area (Å²) < 4.78 is 1.80. The molecule has 1 aromatic rings. The summed E-state index contributed by atoms with van der Waals surface area (Å²) in [7, 11) is 2.16. The van der Waals surface area contributed by atoms with E-state index in [1.54, 1.807) is 17.1 Å². The van der Waals surface area contributed by atoms with E-state index >= 15 is 0 Å². The zero-order valence-electron chi connectivity index (χ0n) is 12.7. The fraction of sp³-hybridized carbons (Fsp3) is 0.733. The van der Waals surface area contributed by atoms with Crippen molar-refractivity contribution < 1.29 is 4.79 Å². The molecule has 1 aliphatic rings. The maximum atomic E-state index is 11.8. The topological polar surface area (TPSA) is 50.2 Å². The molecule has 5 nitrogen and oxygen atoms in total. The molecule has 2 heterocycles. The van der Waals surface area contributed by atoms with Crippen molar-refractivity contribution in [3.63, 3.8) is 0 Å². The Kier molecular flexibility index (Phi) is 6.51. The Morgan fingerprint density at radius 3 is 3.10 bits per heavy atom. The number of hydrogen-bond acceptors (Lipinski definition) is 3. The molecule has 2 rings (SSSR count). The molecular weight excluding hydrogens is 288 g/mol. The number of halogens is 1. The molecule has 0 saturated carbocycles. The minimum absolute atomic E-state index is 0.160. The lowest BCUT2D eigenvalue weighted by Crippen LogP contribution is -2.37. The normalized spacial score (nSPS) is 19.6. The quantitative estimate of drug-likeness (QED) is 0.786. The van der Waals surface area contributed by atoms with Gasteiger partial charge in [0.25, 0.3) is 0 Å². The zero-order chi connectivity index (χ0) is 15.1. The first-order valence-corrected chi connectivity index (χ1v) is 8.18. The number of hydrogen-bond donors (Lipinski definition) is 1. The molecule has 0 bridgehead atoms. The molecule has 0 spiro atoms. The van der Waals surface area contributed by atoms with Gasteiger partial charge in [0, 0.05) is 31.7 Å². The maximum absolute atomic E-state index is 11.8. The number of aromatic nitrogens is 2. The highest BCUT2D eigenvalue weighted by Gasteiger charge is 2.19. The second-order valence-corrected chi connectivity index (χ2v) is 6.23. The van der Waals surface area contributed by atoms with Crippen molar-refractivity contribution in [3.05, 3.63) is 17.4 Å². The minimum Gasteiger partial charge on any atom is -0.356 e. The number of nitrogens with zero attached hydrogens (tertiary/aromatic N) is 3.